The molecule has 0 fully saturated rings. The highest BCUT2D eigenvalue weighted by atomic mass is 32.1. The quantitative estimate of drug-likeness (QED) is 0.687. The summed E-state index contributed by atoms with van der Waals surface area (Å²) >= 11 is 1.50. The highest BCUT2D eigenvalue weighted by molar-refractivity contribution is 7.16. The van der Waals surface area contributed by atoms with Crippen LogP contribution < -0.4 is 4.80 Å². The van der Waals surface area contributed by atoms with E-state index in [-0.39, 0.29) is 5.91 Å². The zero-order valence-corrected chi connectivity index (χ0v) is 12.3. The average molecular weight is 286 g/mol. The summed E-state index contributed by atoms with van der Waals surface area (Å²) in [5.74, 6) is -0.309. The van der Waals surface area contributed by atoms with Crippen LogP contribution in [-0.4, -0.2) is 20.3 Å². The monoisotopic (exact) mass is 286 g/mol. The van der Waals surface area contributed by atoms with Crippen molar-refractivity contribution in [1.82, 2.24) is 14.3 Å². The Labute approximate surface area is 119 Å². The van der Waals surface area contributed by atoms with Crippen molar-refractivity contribution in [2.45, 2.75) is 6.92 Å². The van der Waals surface area contributed by atoms with Gasteiger partial charge >= 0.3 is 0 Å². The lowest BCUT2D eigenvalue weighted by Gasteiger charge is -1.93. The molecule has 2 heterocycles. The van der Waals surface area contributed by atoms with Gasteiger partial charge in [-0.25, -0.2) is 0 Å². The highest BCUT2D eigenvalue weighted by Crippen LogP contribution is 2.15. The molecule has 20 heavy (non-hydrogen) atoms. The molecular formula is C14H14N4OS. The van der Waals surface area contributed by atoms with E-state index in [9.17, 15) is 4.79 Å². The van der Waals surface area contributed by atoms with E-state index in [0.717, 1.165) is 15.9 Å². The molecule has 0 aliphatic heterocycles. The van der Waals surface area contributed by atoms with E-state index in [2.05, 4.69) is 10.1 Å². The Hall–Kier alpha value is -2.21. The van der Waals surface area contributed by atoms with Crippen molar-refractivity contribution in [2.75, 3.05) is 0 Å². The third kappa shape index (κ3) is 2.08. The van der Waals surface area contributed by atoms with Crippen molar-refractivity contribution in [2.24, 2.45) is 19.1 Å². The van der Waals surface area contributed by atoms with Gasteiger partial charge in [0.2, 0.25) is 0 Å². The fourth-order valence-corrected chi connectivity index (χ4v) is 3.01. The van der Waals surface area contributed by atoms with Gasteiger partial charge in [0.15, 0.2) is 10.5 Å². The van der Waals surface area contributed by atoms with Gasteiger partial charge in [-0.1, -0.05) is 23.5 Å². The van der Waals surface area contributed by atoms with E-state index in [1.165, 1.54) is 11.3 Å². The molecule has 0 radical (unpaired) electrons. The predicted octanol–water partition coefficient (Wildman–Crippen LogP) is 2.02. The van der Waals surface area contributed by atoms with Crippen LogP contribution >= 0.6 is 11.3 Å². The number of carbonyl (C=O) groups excluding carboxylic acids is 1. The molecule has 2 aromatic heterocycles. The lowest BCUT2D eigenvalue weighted by atomic mass is 10.3. The van der Waals surface area contributed by atoms with Crippen LogP contribution in [0.5, 0.6) is 0 Å². The molecule has 0 N–H and O–H groups in total. The number of fused-ring (bicyclic) bond motifs is 1. The summed E-state index contributed by atoms with van der Waals surface area (Å²) in [7, 11) is 3.72. The van der Waals surface area contributed by atoms with E-state index in [1.54, 1.807) is 10.7 Å². The first-order valence-electron chi connectivity index (χ1n) is 6.20. The maximum absolute atomic E-state index is 12.2. The van der Waals surface area contributed by atoms with Crippen LogP contribution in [0.1, 0.15) is 16.2 Å². The number of benzene rings is 1. The number of para-hydroxylation sites is 1. The molecule has 0 atom stereocenters. The summed E-state index contributed by atoms with van der Waals surface area (Å²) in [6, 6.07) is 9.74. The molecule has 5 nitrogen and oxygen atoms in total. The molecule has 0 saturated carbocycles. The van der Waals surface area contributed by atoms with Crippen molar-refractivity contribution < 1.29 is 4.79 Å². The second-order valence-corrected chi connectivity index (χ2v) is 5.63. The Morgan fingerprint density at radius 3 is 2.70 bits per heavy atom. The van der Waals surface area contributed by atoms with Crippen molar-refractivity contribution in [3.8, 4) is 0 Å². The number of rotatable bonds is 1. The average Bonchev–Trinajstić information content (AvgIpc) is 2.92. The fraction of sp³-hybridized carbons (Fsp3) is 0.214. The zero-order chi connectivity index (χ0) is 14.3. The Bertz CT molecular complexity index is 849. The van der Waals surface area contributed by atoms with Gasteiger partial charge in [0.1, 0.15) is 0 Å². The molecule has 3 rings (SSSR count). The molecule has 0 aliphatic carbocycles. The van der Waals surface area contributed by atoms with Crippen LogP contribution in [0.4, 0.5) is 0 Å². The largest absolute Gasteiger partial charge is 0.319 e. The molecular weight excluding hydrogens is 272 g/mol. The van der Waals surface area contributed by atoms with Gasteiger partial charge in [0.25, 0.3) is 5.91 Å². The van der Waals surface area contributed by atoms with E-state index in [0.29, 0.717) is 10.5 Å². The molecule has 6 heteroatoms. The Balaban J connectivity index is 2.10. The molecule has 102 valence electrons. The number of thiazole rings is 1. The molecule has 0 saturated heterocycles. The Morgan fingerprint density at radius 1 is 1.30 bits per heavy atom. The highest BCUT2D eigenvalue weighted by Gasteiger charge is 2.11. The third-order valence-electron chi connectivity index (χ3n) is 3.24. The van der Waals surface area contributed by atoms with Gasteiger partial charge in [-0.15, -0.1) is 0 Å². The van der Waals surface area contributed by atoms with E-state index in [1.807, 2.05) is 49.9 Å². The van der Waals surface area contributed by atoms with E-state index < -0.39 is 0 Å². The summed E-state index contributed by atoms with van der Waals surface area (Å²) in [5.41, 5.74) is 2.38. The van der Waals surface area contributed by atoms with Crippen LogP contribution in [0.3, 0.4) is 0 Å². The predicted molar refractivity (Wildman–Crippen MR) is 78.6 cm³/mol. The molecule has 0 aliphatic rings. The third-order valence-corrected chi connectivity index (χ3v) is 4.36. The normalized spacial score (nSPS) is 12.2. The van der Waals surface area contributed by atoms with Gasteiger partial charge < -0.3 is 4.57 Å². The lowest BCUT2D eigenvalue weighted by Crippen LogP contribution is -2.13. The topological polar surface area (TPSA) is 52.2 Å². The summed E-state index contributed by atoms with van der Waals surface area (Å²) in [5, 5.41) is 4.16. The Morgan fingerprint density at radius 2 is 2.05 bits per heavy atom. The van der Waals surface area contributed by atoms with Gasteiger partial charge in [-0.3, -0.25) is 9.48 Å². The van der Waals surface area contributed by atoms with Crippen molar-refractivity contribution in [3.05, 3.63) is 46.5 Å². The number of amides is 1. The molecule has 0 bridgehead atoms. The summed E-state index contributed by atoms with van der Waals surface area (Å²) in [6.45, 7) is 1.91. The number of aromatic nitrogens is 3. The molecule has 1 amide bonds. The van der Waals surface area contributed by atoms with Crippen LogP contribution in [0, 0.1) is 6.92 Å². The number of aryl methyl sites for hydroxylation is 3. The van der Waals surface area contributed by atoms with Gasteiger partial charge in [0, 0.05) is 19.8 Å². The molecule has 1 aromatic carbocycles. The van der Waals surface area contributed by atoms with E-state index >= 15 is 0 Å². The summed E-state index contributed by atoms with van der Waals surface area (Å²) in [4.78, 5) is 17.0. The second kappa shape index (κ2) is 4.72. The standard InChI is InChI=1S/C14H14N4OS/c1-9-8-10(16-18(9)3)13(19)15-14-17(2)11-6-4-5-7-12(11)20-14/h4-8H,1-3H3. The maximum Gasteiger partial charge on any atom is 0.300 e. The first kappa shape index (κ1) is 12.8. The van der Waals surface area contributed by atoms with Crippen LogP contribution in [-0.2, 0) is 14.1 Å². The second-order valence-electron chi connectivity index (χ2n) is 4.62. The lowest BCUT2D eigenvalue weighted by molar-refractivity contribution is 0.0992. The summed E-state index contributed by atoms with van der Waals surface area (Å²) < 4.78 is 4.71. The minimum absolute atomic E-state index is 0.309. The maximum atomic E-state index is 12.2. The van der Waals surface area contributed by atoms with Crippen LogP contribution in [0.2, 0.25) is 0 Å². The first-order valence-corrected chi connectivity index (χ1v) is 7.02. The van der Waals surface area contributed by atoms with Crippen molar-refractivity contribution in [3.63, 3.8) is 0 Å². The van der Waals surface area contributed by atoms with E-state index in [4.69, 9.17) is 0 Å². The smallest absolute Gasteiger partial charge is 0.300 e. The molecule has 0 spiro atoms. The van der Waals surface area contributed by atoms with Crippen molar-refractivity contribution >= 4 is 27.5 Å². The summed E-state index contributed by atoms with van der Waals surface area (Å²) in [6.07, 6.45) is 0. The minimum Gasteiger partial charge on any atom is -0.319 e. The Kier molecular flexibility index (Phi) is 3.02. The number of carbonyl (C=O) groups is 1. The minimum atomic E-state index is -0.309. The fourth-order valence-electron chi connectivity index (χ4n) is 2.00. The number of hydrogen-bond acceptors (Lipinski definition) is 3. The number of hydrogen-bond donors (Lipinski definition) is 0. The number of nitrogens with zero attached hydrogens (tertiary/aromatic N) is 4. The van der Waals surface area contributed by atoms with Crippen molar-refractivity contribution in [1.29, 1.82) is 0 Å². The molecule has 0 unspecified atom stereocenters. The SMILES string of the molecule is Cc1cc(C(=O)N=c2sc3ccccc3n2C)nn1C. The first-order chi connectivity index (χ1) is 9.56. The van der Waals surface area contributed by atoms with Gasteiger partial charge in [0.05, 0.1) is 10.2 Å². The van der Waals surface area contributed by atoms with Gasteiger partial charge in [-0.05, 0) is 25.1 Å². The van der Waals surface area contributed by atoms with Crippen LogP contribution in [0.25, 0.3) is 10.2 Å². The molecule has 3 aromatic rings. The van der Waals surface area contributed by atoms with Gasteiger partial charge in [-0.2, -0.15) is 10.1 Å². The van der Waals surface area contributed by atoms with Crippen LogP contribution in [0.15, 0.2) is 35.3 Å². The zero-order valence-electron chi connectivity index (χ0n) is 11.5.